The second-order valence-electron chi connectivity index (χ2n) is 5.80. The van der Waals surface area contributed by atoms with Crippen LogP contribution in [0.3, 0.4) is 0 Å². The summed E-state index contributed by atoms with van der Waals surface area (Å²) >= 11 is 6.11. The molecule has 0 radical (unpaired) electrons. The molecule has 0 spiro atoms. The summed E-state index contributed by atoms with van der Waals surface area (Å²) in [6, 6.07) is 14.7. The molecule has 0 aliphatic carbocycles. The molecule has 4 aromatic rings. The van der Waals surface area contributed by atoms with Gasteiger partial charge in [0.1, 0.15) is 22.4 Å². The first-order valence-corrected chi connectivity index (χ1v) is 11.9. The average Bonchev–Trinajstić information content (AvgIpc) is 3.41. The zero-order valence-electron chi connectivity index (χ0n) is 14.8. The molecule has 0 saturated carbocycles. The maximum Gasteiger partial charge on any atom is 0.189 e. The van der Waals surface area contributed by atoms with E-state index in [2.05, 4.69) is 47.2 Å². The van der Waals surface area contributed by atoms with Gasteiger partial charge < -0.3 is 0 Å². The summed E-state index contributed by atoms with van der Waals surface area (Å²) < 4.78 is 0.863. The second kappa shape index (κ2) is 8.88. The molecule has 0 N–H and O–H groups in total. The minimum atomic E-state index is 0.502. The molecule has 1 aromatic carbocycles. The molecule has 0 aliphatic rings. The number of aryl methyl sites for hydroxylation is 1. The molecule has 0 fully saturated rings. The number of thiophene rings is 1. The molecule has 138 valence electrons. The van der Waals surface area contributed by atoms with Gasteiger partial charge in [0.2, 0.25) is 0 Å². The van der Waals surface area contributed by atoms with E-state index in [4.69, 9.17) is 4.98 Å². The molecular formula is C20H14N4S4. The molecule has 8 heteroatoms. The summed E-state index contributed by atoms with van der Waals surface area (Å²) in [5.74, 6) is 0.775. The summed E-state index contributed by atoms with van der Waals surface area (Å²) in [5, 5.41) is 15.0. The van der Waals surface area contributed by atoms with Crippen molar-refractivity contribution in [3.05, 3.63) is 70.0 Å². The van der Waals surface area contributed by atoms with Crippen molar-refractivity contribution in [3.63, 3.8) is 0 Å². The van der Waals surface area contributed by atoms with Crippen LogP contribution >= 0.6 is 46.2 Å². The molecule has 0 saturated heterocycles. The lowest BCUT2D eigenvalue weighted by Gasteiger charge is -2.09. The number of thiazole rings is 1. The van der Waals surface area contributed by atoms with Crippen molar-refractivity contribution in [2.45, 2.75) is 27.2 Å². The molecule has 0 unspecified atom stereocenters. The van der Waals surface area contributed by atoms with Gasteiger partial charge in [-0.15, -0.1) is 22.7 Å². The third kappa shape index (κ3) is 4.45. The number of aromatic nitrogens is 3. The van der Waals surface area contributed by atoms with Gasteiger partial charge in [0, 0.05) is 17.3 Å². The Morgan fingerprint density at radius 2 is 1.93 bits per heavy atom. The number of nitriles is 1. The topological polar surface area (TPSA) is 62.5 Å². The highest BCUT2D eigenvalue weighted by atomic mass is 32.2. The van der Waals surface area contributed by atoms with Gasteiger partial charge in [-0.2, -0.15) is 5.26 Å². The van der Waals surface area contributed by atoms with Gasteiger partial charge in [-0.3, -0.25) is 0 Å². The third-order valence-corrected chi connectivity index (χ3v) is 7.47. The van der Waals surface area contributed by atoms with Crippen LogP contribution in [0.5, 0.6) is 0 Å². The van der Waals surface area contributed by atoms with E-state index < -0.39 is 0 Å². The largest absolute Gasteiger partial charge is 0.238 e. The van der Waals surface area contributed by atoms with Gasteiger partial charge in [0.15, 0.2) is 9.50 Å². The molecule has 0 amide bonds. The van der Waals surface area contributed by atoms with Crippen LogP contribution in [0.25, 0.3) is 10.6 Å². The fraction of sp³-hybridized carbons (Fsp3) is 0.100. The van der Waals surface area contributed by atoms with Crippen LogP contribution in [0.1, 0.15) is 16.7 Å². The number of rotatable bonds is 6. The molecule has 3 aromatic heterocycles. The monoisotopic (exact) mass is 438 g/mol. The molecule has 3 heterocycles. The summed E-state index contributed by atoms with van der Waals surface area (Å²) in [6.45, 7) is 2.08. The summed E-state index contributed by atoms with van der Waals surface area (Å²) in [6.07, 6.45) is 1.76. The van der Waals surface area contributed by atoms with E-state index in [9.17, 15) is 5.26 Å². The normalized spacial score (nSPS) is 10.7. The Kier molecular flexibility index (Phi) is 6.07. The Morgan fingerprint density at radius 3 is 2.61 bits per heavy atom. The smallest absolute Gasteiger partial charge is 0.189 e. The van der Waals surface area contributed by atoms with Crippen LogP contribution < -0.4 is 0 Å². The predicted molar refractivity (Wildman–Crippen MR) is 117 cm³/mol. The average molecular weight is 439 g/mol. The third-order valence-electron chi connectivity index (χ3n) is 3.80. The molecule has 28 heavy (non-hydrogen) atoms. The zero-order chi connectivity index (χ0) is 19.3. The molecule has 0 bridgehead atoms. The van der Waals surface area contributed by atoms with Crippen molar-refractivity contribution in [1.29, 1.82) is 5.26 Å². The highest BCUT2D eigenvalue weighted by molar-refractivity contribution is 8.01. The van der Waals surface area contributed by atoms with Gasteiger partial charge in [-0.25, -0.2) is 15.0 Å². The van der Waals surface area contributed by atoms with Crippen molar-refractivity contribution >= 4 is 46.2 Å². The standard InChI is InChI=1S/C20H14N4S4/c1-13-4-6-14(7-5-13)12-27-19-23-17(16-3-2-9-25-16)15(11-21)18(24-19)28-20-22-8-10-26-20/h2-10H,12H2,1H3. The molecular weight excluding hydrogens is 425 g/mol. The molecule has 4 nitrogen and oxygen atoms in total. The number of benzene rings is 1. The Hall–Kier alpha value is -2.18. The van der Waals surface area contributed by atoms with E-state index in [0.717, 1.165) is 15.0 Å². The van der Waals surface area contributed by atoms with Crippen LogP contribution in [0.15, 0.2) is 67.9 Å². The van der Waals surface area contributed by atoms with Gasteiger partial charge in [0.05, 0.1) is 4.88 Å². The van der Waals surface area contributed by atoms with Gasteiger partial charge in [0.25, 0.3) is 0 Å². The Morgan fingerprint density at radius 1 is 1.07 bits per heavy atom. The van der Waals surface area contributed by atoms with Crippen LogP contribution in [0, 0.1) is 18.3 Å². The van der Waals surface area contributed by atoms with Crippen LogP contribution in [0.2, 0.25) is 0 Å². The summed E-state index contributed by atoms with van der Waals surface area (Å²) in [5.41, 5.74) is 3.65. The fourth-order valence-electron chi connectivity index (χ4n) is 2.43. The SMILES string of the molecule is Cc1ccc(CSc2nc(Sc3nccs3)c(C#N)c(-c3cccs3)n2)cc1. The van der Waals surface area contributed by atoms with E-state index in [1.807, 2.05) is 22.9 Å². The van der Waals surface area contributed by atoms with Gasteiger partial charge in [-0.1, -0.05) is 47.7 Å². The fourth-order valence-corrected chi connectivity index (χ4v) is 5.62. The van der Waals surface area contributed by atoms with Crippen LogP contribution in [-0.4, -0.2) is 15.0 Å². The first-order chi connectivity index (χ1) is 13.7. The van der Waals surface area contributed by atoms with Crippen LogP contribution in [-0.2, 0) is 5.75 Å². The summed E-state index contributed by atoms with van der Waals surface area (Å²) in [7, 11) is 0. The van der Waals surface area contributed by atoms with Crippen molar-refractivity contribution in [1.82, 2.24) is 15.0 Å². The highest BCUT2D eigenvalue weighted by Gasteiger charge is 2.19. The predicted octanol–water partition coefficient (Wildman–Crippen LogP) is 6.29. The highest BCUT2D eigenvalue weighted by Crippen LogP contribution is 2.37. The lowest BCUT2D eigenvalue weighted by Crippen LogP contribution is -1.98. The van der Waals surface area contributed by atoms with Crippen molar-refractivity contribution < 1.29 is 0 Å². The number of hydrogen-bond acceptors (Lipinski definition) is 8. The Labute approximate surface area is 179 Å². The Balaban J connectivity index is 1.70. The first kappa shape index (κ1) is 19.2. The molecule has 0 atom stereocenters. The van der Waals surface area contributed by atoms with E-state index in [-0.39, 0.29) is 0 Å². The van der Waals surface area contributed by atoms with Crippen molar-refractivity contribution in [3.8, 4) is 16.6 Å². The number of thioether (sulfide) groups is 1. The Bertz CT molecular complexity index is 1100. The van der Waals surface area contributed by atoms with Gasteiger partial charge >= 0.3 is 0 Å². The minimum absolute atomic E-state index is 0.502. The maximum absolute atomic E-state index is 9.79. The quantitative estimate of drug-likeness (QED) is 0.200. The van der Waals surface area contributed by atoms with Crippen molar-refractivity contribution in [2.24, 2.45) is 0 Å². The van der Waals surface area contributed by atoms with Crippen LogP contribution in [0.4, 0.5) is 0 Å². The van der Waals surface area contributed by atoms with E-state index in [0.29, 0.717) is 21.4 Å². The minimum Gasteiger partial charge on any atom is -0.238 e. The second-order valence-corrected chi connectivity index (χ2v) is 9.82. The molecule has 4 rings (SSSR count). The number of hydrogen-bond donors (Lipinski definition) is 0. The lowest BCUT2D eigenvalue weighted by atomic mass is 10.2. The molecule has 0 aliphatic heterocycles. The maximum atomic E-state index is 9.79. The van der Waals surface area contributed by atoms with Crippen molar-refractivity contribution in [2.75, 3.05) is 0 Å². The lowest BCUT2D eigenvalue weighted by molar-refractivity contribution is 0.888. The zero-order valence-corrected chi connectivity index (χ0v) is 18.1. The van der Waals surface area contributed by atoms with E-state index in [1.54, 1.807) is 29.3 Å². The first-order valence-electron chi connectivity index (χ1n) is 8.34. The summed E-state index contributed by atoms with van der Waals surface area (Å²) in [4.78, 5) is 14.7. The van der Waals surface area contributed by atoms with E-state index in [1.165, 1.54) is 34.2 Å². The van der Waals surface area contributed by atoms with E-state index >= 15 is 0 Å². The van der Waals surface area contributed by atoms with Gasteiger partial charge in [-0.05, 0) is 35.7 Å². The number of nitrogens with zero attached hydrogens (tertiary/aromatic N) is 4.